The highest BCUT2D eigenvalue weighted by Crippen LogP contribution is 2.18. The van der Waals surface area contributed by atoms with Crippen molar-refractivity contribution in [2.75, 3.05) is 20.1 Å². The summed E-state index contributed by atoms with van der Waals surface area (Å²) in [4.78, 5) is 25.7. The van der Waals surface area contributed by atoms with Crippen LogP contribution in [0, 0.1) is 0 Å². The van der Waals surface area contributed by atoms with Crippen LogP contribution in [0.5, 0.6) is 0 Å². The Balaban J connectivity index is 1.47. The molecule has 5 nitrogen and oxygen atoms in total. The first-order valence-electron chi connectivity index (χ1n) is 9.50. The Labute approximate surface area is 156 Å². The molecule has 0 bridgehead atoms. The molecule has 26 heavy (non-hydrogen) atoms. The molecule has 1 unspecified atom stereocenters. The Hall–Kier alpha value is -2.27. The van der Waals surface area contributed by atoms with Gasteiger partial charge in [-0.05, 0) is 57.0 Å². The summed E-state index contributed by atoms with van der Waals surface area (Å²) in [6.07, 6.45) is 8.12. The predicted molar refractivity (Wildman–Crippen MR) is 102 cm³/mol. The summed E-state index contributed by atoms with van der Waals surface area (Å²) in [5.74, 6) is 0.253. The van der Waals surface area contributed by atoms with Gasteiger partial charge in [-0.25, -0.2) is 0 Å². The van der Waals surface area contributed by atoms with Gasteiger partial charge in [0.25, 0.3) is 0 Å². The van der Waals surface area contributed by atoms with Crippen molar-refractivity contribution in [3.63, 3.8) is 0 Å². The van der Waals surface area contributed by atoms with Crippen LogP contribution in [-0.2, 0) is 17.8 Å². The van der Waals surface area contributed by atoms with Gasteiger partial charge in [0.15, 0.2) is 0 Å². The fourth-order valence-electron chi connectivity index (χ4n) is 3.58. The van der Waals surface area contributed by atoms with E-state index in [1.165, 1.54) is 0 Å². The summed E-state index contributed by atoms with van der Waals surface area (Å²) in [7, 11) is 2.16. The predicted octanol–water partition coefficient (Wildman–Crippen LogP) is 2.92. The fraction of sp³-hybridized carbons (Fsp3) is 0.476. The van der Waals surface area contributed by atoms with Gasteiger partial charge in [0.2, 0.25) is 5.91 Å². The number of aryl methyl sites for hydroxylation is 1. The van der Waals surface area contributed by atoms with E-state index in [0.29, 0.717) is 12.5 Å². The van der Waals surface area contributed by atoms with Crippen molar-refractivity contribution in [1.29, 1.82) is 0 Å². The van der Waals surface area contributed by atoms with Crippen LogP contribution in [0.3, 0.4) is 0 Å². The van der Waals surface area contributed by atoms with E-state index in [1.54, 1.807) is 6.20 Å². The molecule has 1 amide bonds. The molecule has 3 rings (SSSR count). The van der Waals surface area contributed by atoms with Crippen LogP contribution in [0.15, 0.2) is 48.8 Å². The van der Waals surface area contributed by atoms with Gasteiger partial charge in [0.1, 0.15) is 0 Å². The van der Waals surface area contributed by atoms with Gasteiger partial charge in [0, 0.05) is 50.2 Å². The largest absolute Gasteiger partial charge is 0.343 e. The van der Waals surface area contributed by atoms with Gasteiger partial charge in [-0.1, -0.05) is 12.1 Å². The average molecular weight is 352 g/mol. The number of carbonyl (C=O) groups is 1. The second kappa shape index (κ2) is 9.43. The molecule has 0 N–H and O–H groups in total. The third kappa shape index (κ3) is 5.36. The minimum atomic E-state index is 0.253. The molecular weight excluding hydrogens is 324 g/mol. The molecule has 0 aromatic carbocycles. The molecule has 2 aromatic heterocycles. The zero-order valence-electron chi connectivity index (χ0n) is 15.6. The molecule has 0 saturated carbocycles. The Kier molecular flexibility index (Phi) is 6.72. The number of likely N-dealkylation sites (tertiary alicyclic amines) is 1. The van der Waals surface area contributed by atoms with Crippen molar-refractivity contribution in [2.45, 2.75) is 44.7 Å². The standard InChI is InChI=1S/C21H28N4O/c1-24(17-19-8-3-5-14-23-19)20-9-6-15-25(16-12-20)21(26)11-10-18-7-2-4-13-22-18/h2-5,7-8,13-14,20H,6,9-12,15-17H2,1H3. The number of nitrogens with zero attached hydrogens (tertiary/aromatic N) is 4. The number of rotatable bonds is 6. The fourth-order valence-corrected chi connectivity index (χ4v) is 3.58. The molecule has 0 radical (unpaired) electrons. The lowest BCUT2D eigenvalue weighted by Crippen LogP contribution is -2.35. The summed E-state index contributed by atoms with van der Waals surface area (Å²) in [6.45, 7) is 2.58. The minimum Gasteiger partial charge on any atom is -0.343 e. The van der Waals surface area contributed by atoms with E-state index in [-0.39, 0.29) is 5.91 Å². The average Bonchev–Trinajstić information content (AvgIpc) is 2.94. The second-order valence-electron chi connectivity index (χ2n) is 7.02. The SMILES string of the molecule is CN(Cc1ccccn1)C1CCCN(C(=O)CCc2ccccn2)CC1. The van der Waals surface area contributed by atoms with Crippen LogP contribution in [-0.4, -0.2) is 51.9 Å². The monoisotopic (exact) mass is 352 g/mol. The number of pyridine rings is 2. The minimum absolute atomic E-state index is 0.253. The van der Waals surface area contributed by atoms with Crippen LogP contribution < -0.4 is 0 Å². The normalized spacial score (nSPS) is 17.9. The van der Waals surface area contributed by atoms with Crippen LogP contribution in [0.4, 0.5) is 0 Å². The van der Waals surface area contributed by atoms with Crippen molar-refractivity contribution in [3.05, 3.63) is 60.2 Å². The maximum atomic E-state index is 12.6. The van der Waals surface area contributed by atoms with Crippen LogP contribution >= 0.6 is 0 Å². The maximum Gasteiger partial charge on any atom is 0.222 e. The van der Waals surface area contributed by atoms with Gasteiger partial charge in [-0.3, -0.25) is 19.7 Å². The summed E-state index contributed by atoms with van der Waals surface area (Å²) in [5.41, 5.74) is 2.09. The molecule has 1 saturated heterocycles. The topological polar surface area (TPSA) is 49.3 Å². The van der Waals surface area contributed by atoms with Crippen molar-refractivity contribution in [3.8, 4) is 0 Å². The lowest BCUT2D eigenvalue weighted by Gasteiger charge is -2.27. The van der Waals surface area contributed by atoms with Crippen LogP contribution in [0.1, 0.15) is 37.1 Å². The summed E-state index contributed by atoms with van der Waals surface area (Å²) >= 11 is 0. The summed E-state index contributed by atoms with van der Waals surface area (Å²) in [6, 6.07) is 12.4. The number of aromatic nitrogens is 2. The quantitative estimate of drug-likeness (QED) is 0.802. The van der Waals surface area contributed by atoms with E-state index in [9.17, 15) is 4.79 Å². The van der Waals surface area contributed by atoms with Gasteiger partial charge in [0.05, 0.1) is 5.69 Å². The smallest absolute Gasteiger partial charge is 0.222 e. The number of amides is 1. The van der Waals surface area contributed by atoms with E-state index in [1.807, 2.05) is 41.4 Å². The third-order valence-corrected chi connectivity index (χ3v) is 5.13. The lowest BCUT2D eigenvalue weighted by atomic mass is 10.1. The third-order valence-electron chi connectivity index (χ3n) is 5.13. The molecule has 5 heteroatoms. The van der Waals surface area contributed by atoms with Gasteiger partial charge >= 0.3 is 0 Å². The highest BCUT2D eigenvalue weighted by molar-refractivity contribution is 5.76. The first-order chi connectivity index (χ1) is 12.7. The first-order valence-corrected chi connectivity index (χ1v) is 9.50. The lowest BCUT2D eigenvalue weighted by molar-refractivity contribution is -0.131. The Morgan fingerprint density at radius 1 is 1.08 bits per heavy atom. The van der Waals surface area contributed by atoms with Gasteiger partial charge in [-0.2, -0.15) is 0 Å². The Morgan fingerprint density at radius 3 is 2.50 bits per heavy atom. The summed E-state index contributed by atoms with van der Waals surface area (Å²) in [5, 5.41) is 0. The van der Waals surface area contributed by atoms with Crippen LogP contribution in [0.2, 0.25) is 0 Å². The Morgan fingerprint density at radius 2 is 1.81 bits per heavy atom. The van der Waals surface area contributed by atoms with E-state index >= 15 is 0 Å². The zero-order chi connectivity index (χ0) is 18.2. The van der Waals surface area contributed by atoms with Gasteiger partial charge in [-0.15, -0.1) is 0 Å². The van der Waals surface area contributed by atoms with E-state index in [2.05, 4.69) is 28.0 Å². The van der Waals surface area contributed by atoms with Crippen molar-refractivity contribution >= 4 is 5.91 Å². The van der Waals surface area contributed by atoms with E-state index in [4.69, 9.17) is 0 Å². The molecular formula is C21H28N4O. The van der Waals surface area contributed by atoms with Crippen LogP contribution in [0.25, 0.3) is 0 Å². The van der Waals surface area contributed by atoms with Crippen molar-refractivity contribution in [1.82, 2.24) is 19.8 Å². The molecule has 1 atom stereocenters. The molecule has 138 valence electrons. The molecule has 1 aliphatic heterocycles. The molecule has 2 aromatic rings. The number of carbonyl (C=O) groups excluding carboxylic acids is 1. The number of hydrogen-bond acceptors (Lipinski definition) is 4. The molecule has 0 aliphatic carbocycles. The van der Waals surface area contributed by atoms with Crippen molar-refractivity contribution in [2.24, 2.45) is 0 Å². The number of hydrogen-bond donors (Lipinski definition) is 0. The van der Waals surface area contributed by atoms with E-state index in [0.717, 1.165) is 56.7 Å². The zero-order valence-corrected chi connectivity index (χ0v) is 15.6. The highest BCUT2D eigenvalue weighted by Gasteiger charge is 2.23. The molecule has 0 spiro atoms. The van der Waals surface area contributed by atoms with E-state index < -0.39 is 0 Å². The Bertz CT molecular complexity index is 677. The first kappa shape index (κ1) is 18.5. The highest BCUT2D eigenvalue weighted by atomic mass is 16.2. The van der Waals surface area contributed by atoms with Gasteiger partial charge < -0.3 is 4.90 Å². The molecule has 1 fully saturated rings. The van der Waals surface area contributed by atoms with Crippen molar-refractivity contribution < 1.29 is 4.79 Å². The maximum absolute atomic E-state index is 12.6. The summed E-state index contributed by atoms with van der Waals surface area (Å²) < 4.78 is 0. The molecule has 3 heterocycles. The molecule has 1 aliphatic rings. The second-order valence-corrected chi connectivity index (χ2v) is 7.02.